The van der Waals surface area contributed by atoms with Gasteiger partial charge in [0.15, 0.2) is 0 Å². The molecule has 14 heavy (non-hydrogen) atoms. The predicted octanol–water partition coefficient (Wildman–Crippen LogP) is 4.08. The predicted molar refractivity (Wildman–Crippen MR) is 62.6 cm³/mol. The standard InChI is InChI=1S/C14H18/c1-10(2)12-9-8-11(3)13-6-4-5-7-14(12)13/h4,6,8-10H,5,7H2,1-3H3. The molecular weight excluding hydrogens is 168 g/mol. The lowest BCUT2D eigenvalue weighted by Gasteiger charge is -2.19. The van der Waals surface area contributed by atoms with E-state index in [-0.39, 0.29) is 0 Å². The maximum Gasteiger partial charge on any atom is -0.0195 e. The van der Waals surface area contributed by atoms with Gasteiger partial charge in [-0.05, 0) is 47.9 Å². The van der Waals surface area contributed by atoms with Crippen molar-refractivity contribution >= 4 is 6.08 Å². The number of fused-ring (bicyclic) bond motifs is 1. The van der Waals surface area contributed by atoms with Crippen molar-refractivity contribution in [2.45, 2.75) is 39.5 Å². The average molecular weight is 186 g/mol. The van der Waals surface area contributed by atoms with Crippen LogP contribution >= 0.6 is 0 Å². The van der Waals surface area contributed by atoms with Gasteiger partial charge >= 0.3 is 0 Å². The third-order valence-electron chi connectivity index (χ3n) is 3.08. The minimum Gasteiger partial charge on any atom is -0.0836 e. The summed E-state index contributed by atoms with van der Waals surface area (Å²) >= 11 is 0. The van der Waals surface area contributed by atoms with Crippen LogP contribution in [0.1, 0.15) is 48.4 Å². The summed E-state index contributed by atoms with van der Waals surface area (Å²) in [5.41, 5.74) is 6.01. The molecule has 0 radical (unpaired) electrons. The van der Waals surface area contributed by atoms with E-state index >= 15 is 0 Å². The van der Waals surface area contributed by atoms with Crippen molar-refractivity contribution < 1.29 is 0 Å². The molecule has 1 aromatic rings. The van der Waals surface area contributed by atoms with Gasteiger partial charge in [0, 0.05) is 0 Å². The zero-order valence-corrected chi connectivity index (χ0v) is 9.30. The van der Waals surface area contributed by atoms with Gasteiger partial charge in [-0.1, -0.05) is 38.1 Å². The molecule has 0 N–H and O–H groups in total. The van der Waals surface area contributed by atoms with Gasteiger partial charge in [0.05, 0.1) is 0 Å². The third-order valence-corrected chi connectivity index (χ3v) is 3.08. The fourth-order valence-corrected chi connectivity index (χ4v) is 2.28. The van der Waals surface area contributed by atoms with Crippen LogP contribution in [0.5, 0.6) is 0 Å². The highest BCUT2D eigenvalue weighted by molar-refractivity contribution is 5.62. The van der Waals surface area contributed by atoms with Crippen LogP contribution in [0.15, 0.2) is 18.2 Å². The topological polar surface area (TPSA) is 0 Å². The van der Waals surface area contributed by atoms with Crippen LogP contribution in [0.4, 0.5) is 0 Å². The molecule has 0 saturated heterocycles. The zero-order chi connectivity index (χ0) is 10.1. The molecule has 0 fully saturated rings. The second kappa shape index (κ2) is 3.61. The minimum absolute atomic E-state index is 0.649. The first-order valence-corrected chi connectivity index (χ1v) is 5.49. The molecule has 0 heterocycles. The molecule has 0 aliphatic heterocycles. The van der Waals surface area contributed by atoms with E-state index in [2.05, 4.69) is 45.1 Å². The fourth-order valence-electron chi connectivity index (χ4n) is 2.28. The number of allylic oxidation sites excluding steroid dienone is 1. The molecule has 1 aliphatic carbocycles. The highest BCUT2D eigenvalue weighted by Gasteiger charge is 2.13. The third kappa shape index (κ3) is 1.50. The molecular formula is C14H18. The molecule has 1 aromatic carbocycles. The first-order valence-electron chi connectivity index (χ1n) is 5.49. The smallest absolute Gasteiger partial charge is 0.0195 e. The molecule has 0 nitrogen and oxygen atoms in total. The Bertz CT molecular complexity index is 370. The van der Waals surface area contributed by atoms with Crippen LogP contribution in [0.25, 0.3) is 6.08 Å². The monoisotopic (exact) mass is 186 g/mol. The Balaban J connectivity index is 2.61. The van der Waals surface area contributed by atoms with E-state index in [1.54, 1.807) is 5.56 Å². The molecule has 1 aliphatic rings. The van der Waals surface area contributed by atoms with Gasteiger partial charge in [-0.25, -0.2) is 0 Å². The Kier molecular flexibility index (Phi) is 2.45. The van der Waals surface area contributed by atoms with Crippen LogP contribution in [0.2, 0.25) is 0 Å². The van der Waals surface area contributed by atoms with Crippen LogP contribution in [-0.2, 0) is 6.42 Å². The van der Waals surface area contributed by atoms with Crippen LogP contribution in [-0.4, -0.2) is 0 Å². The highest BCUT2D eigenvalue weighted by atomic mass is 14.2. The summed E-state index contributed by atoms with van der Waals surface area (Å²) in [7, 11) is 0. The zero-order valence-electron chi connectivity index (χ0n) is 9.30. The van der Waals surface area contributed by atoms with Gasteiger partial charge in [0.2, 0.25) is 0 Å². The molecule has 0 amide bonds. The largest absolute Gasteiger partial charge is 0.0836 e. The van der Waals surface area contributed by atoms with Crippen molar-refractivity contribution in [1.29, 1.82) is 0 Å². The summed E-state index contributed by atoms with van der Waals surface area (Å²) in [6.45, 7) is 6.77. The Morgan fingerprint density at radius 2 is 2.00 bits per heavy atom. The van der Waals surface area contributed by atoms with Crippen molar-refractivity contribution in [1.82, 2.24) is 0 Å². The molecule has 0 spiro atoms. The van der Waals surface area contributed by atoms with Crippen molar-refractivity contribution in [2.75, 3.05) is 0 Å². The number of benzene rings is 1. The second-order valence-corrected chi connectivity index (χ2v) is 4.46. The van der Waals surface area contributed by atoms with Crippen LogP contribution in [0, 0.1) is 6.92 Å². The summed E-state index contributed by atoms with van der Waals surface area (Å²) in [5.74, 6) is 0.649. The van der Waals surface area contributed by atoms with Crippen LogP contribution < -0.4 is 0 Å². The highest BCUT2D eigenvalue weighted by Crippen LogP contribution is 2.30. The van der Waals surface area contributed by atoms with E-state index in [1.165, 1.54) is 29.5 Å². The number of aryl methyl sites for hydroxylation is 1. The van der Waals surface area contributed by atoms with E-state index in [9.17, 15) is 0 Å². The summed E-state index contributed by atoms with van der Waals surface area (Å²) in [6, 6.07) is 4.56. The first kappa shape index (κ1) is 9.51. The van der Waals surface area contributed by atoms with Gasteiger partial charge in [0.25, 0.3) is 0 Å². The molecule has 0 bridgehead atoms. The molecule has 0 unspecified atom stereocenters. The van der Waals surface area contributed by atoms with Gasteiger partial charge in [0.1, 0.15) is 0 Å². The molecule has 0 aromatic heterocycles. The van der Waals surface area contributed by atoms with Gasteiger partial charge in [-0.15, -0.1) is 0 Å². The first-order chi connectivity index (χ1) is 6.70. The van der Waals surface area contributed by atoms with E-state index in [1.807, 2.05) is 0 Å². The summed E-state index contributed by atoms with van der Waals surface area (Å²) in [5, 5.41) is 0. The molecule has 0 heteroatoms. The maximum atomic E-state index is 2.30. The summed E-state index contributed by atoms with van der Waals surface area (Å²) in [6.07, 6.45) is 7.01. The van der Waals surface area contributed by atoms with E-state index in [0.717, 1.165) is 0 Å². The van der Waals surface area contributed by atoms with E-state index < -0.39 is 0 Å². The quantitative estimate of drug-likeness (QED) is 0.620. The lowest BCUT2D eigenvalue weighted by Crippen LogP contribution is -2.03. The lowest BCUT2D eigenvalue weighted by molar-refractivity contribution is 0.827. The Labute approximate surface area is 86.7 Å². The average Bonchev–Trinajstić information content (AvgIpc) is 2.18. The Hall–Kier alpha value is -1.04. The van der Waals surface area contributed by atoms with Gasteiger partial charge in [-0.3, -0.25) is 0 Å². The van der Waals surface area contributed by atoms with Gasteiger partial charge in [-0.2, -0.15) is 0 Å². The molecule has 2 rings (SSSR count). The number of hydrogen-bond acceptors (Lipinski definition) is 0. The molecule has 0 atom stereocenters. The normalized spacial score (nSPS) is 14.6. The number of hydrogen-bond donors (Lipinski definition) is 0. The van der Waals surface area contributed by atoms with Crippen molar-refractivity contribution in [3.05, 3.63) is 40.5 Å². The van der Waals surface area contributed by atoms with Crippen molar-refractivity contribution in [2.24, 2.45) is 0 Å². The Morgan fingerprint density at radius 1 is 1.21 bits per heavy atom. The maximum absolute atomic E-state index is 2.30. The number of rotatable bonds is 1. The molecule has 74 valence electrons. The summed E-state index contributed by atoms with van der Waals surface area (Å²) < 4.78 is 0. The van der Waals surface area contributed by atoms with Crippen LogP contribution in [0.3, 0.4) is 0 Å². The fraction of sp³-hybridized carbons (Fsp3) is 0.429. The minimum atomic E-state index is 0.649. The lowest BCUT2D eigenvalue weighted by atomic mass is 9.86. The molecule has 0 saturated carbocycles. The van der Waals surface area contributed by atoms with Crippen molar-refractivity contribution in [3.63, 3.8) is 0 Å². The Morgan fingerprint density at radius 3 is 2.71 bits per heavy atom. The van der Waals surface area contributed by atoms with Crippen molar-refractivity contribution in [3.8, 4) is 0 Å². The van der Waals surface area contributed by atoms with E-state index in [4.69, 9.17) is 0 Å². The second-order valence-electron chi connectivity index (χ2n) is 4.46. The SMILES string of the molecule is Cc1ccc(C(C)C)c2c1C=CCC2. The van der Waals surface area contributed by atoms with E-state index in [0.29, 0.717) is 5.92 Å². The van der Waals surface area contributed by atoms with Gasteiger partial charge < -0.3 is 0 Å². The summed E-state index contributed by atoms with van der Waals surface area (Å²) in [4.78, 5) is 0.